The molecule has 0 amide bonds. The third-order valence-electron chi connectivity index (χ3n) is 0. The number of hydrogen-bond donors (Lipinski definition) is 2. The van der Waals surface area contributed by atoms with Crippen molar-refractivity contribution in [2.75, 3.05) is 0 Å². The van der Waals surface area contributed by atoms with Gasteiger partial charge in [0.05, 0.1) is 6.23 Å². The van der Waals surface area contributed by atoms with E-state index in [0.717, 1.165) is 0 Å². The first kappa shape index (κ1) is 9.49. The number of aliphatic hydroxyl groups excluding tert-OH is 1. The summed E-state index contributed by atoms with van der Waals surface area (Å²) in [7, 11) is 0. The van der Waals surface area contributed by atoms with E-state index in [0.29, 0.717) is 0 Å². The summed E-state index contributed by atoms with van der Waals surface area (Å²) in [6.45, 7) is 1.50. The zero-order chi connectivity index (χ0) is 3.58. The summed E-state index contributed by atoms with van der Waals surface area (Å²) in [6, 6.07) is 0. The van der Waals surface area contributed by atoms with Crippen LogP contribution in [0, 0.1) is 0 Å². The van der Waals surface area contributed by atoms with Crippen LogP contribution in [0.15, 0.2) is 0 Å². The Morgan fingerprint density at radius 3 is 1.80 bits per heavy atom. The maximum atomic E-state index is 7.83. The Labute approximate surface area is 61.4 Å². The van der Waals surface area contributed by atoms with Crippen molar-refractivity contribution in [3.05, 3.63) is 0 Å². The van der Waals surface area contributed by atoms with E-state index in [9.17, 15) is 0 Å². The quantitative estimate of drug-likeness (QED) is 0.285. The molecule has 0 heterocycles. The molecule has 1 atom stereocenters. The second kappa shape index (κ2) is 5.18. The average Bonchev–Trinajstić information content (AvgIpc) is 0.811. The van der Waals surface area contributed by atoms with E-state index in [4.69, 9.17) is 5.11 Å². The van der Waals surface area contributed by atoms with Crippen LogP contribution in [0.3, 0.4) is 0 Å². The molecule has 0 aliphatic heterocycles. The molecule has 0 aliphatic carbocycles. The molecule has 0 aromatic carbocycles. The van der Waals surface area contributed by atoms with Crippen molar-refractivity contribution in [2.45, 2.75) is 13.2 Å². The van der Waals surface area contributed by atoms with E-state index in [1.165, 1.54) is 6.92 Å². The molecule has 0 fully saturated rings. The molecule has 0 radical (unpaired) electrons. The van der Waals surface area contributed by atoms with Crippen LogP contribution in [0.25, 0.3) is 0 Å². The molecule has 2 nitrogen and oxygen atoms in total. The Kier molecular flexibility index (Phi) is 9.83. The van der Waals surface area contributed by atoms with Gasteiger partial charge < -0.3 is 10.8 Å². The fourth-order valence-corrected chi connectivity index (χ4v) is 0. The second-order valence-electron chi connectivity index (χ2n) is 0.741. The minimum absolute atomic E-state index is 0. The van der Waals surface area contributed by atoms with Crippen molar-refractivity contribution < 1.29 is 5.11 Å². The second-order valence-corrected chi connectivity index (χ2v) is 0.741. The number of hydrogen-bond acceptors (Lipinski definition) is 2. The molecule has 0 aromatic heterocycles. The molecule has 30 valence electrons. The van der Waals surface area contributed by atoms with Crippen LogP contribution in [-0.4, -0.2) is 49.1 Å². The van der Waals surface area contributed by atoms with Crippen molar-refractivity contribution in [3.8, 4) is 0 Å². The Bertz CT molecular complexity index is 14.4. The topological polar surface area (TPSA) is 46.2 Å². The van der Waals surface area contributed by atoms with Crippen molar-refractivity contribution >= 4 is 37.7 Å². The van der Waals surface area contributed by atoms with Gasteiger partial charge in [0.25, 0.3) is 0 Å². The van der Waals surface area contributed by atoms with Crippen molar-refractivity contribution in [1.82, 2.24) is 0 Å². The fraction of sp³-hybridized carbons (Fsp3) is 1.00. The van der Waals surface area contributed by atoms with Gasteiger partial charge in [-0.3, -0.25) is 0 Å². The molecule has 0 rings (SSSR count). The number of rotatable bonds is 0. The summed E-state index contributed by atoms with van der Waals surface area (Å²) in [4.78, 5) is 0. The molecule has 5 heavy (non-hydrogen) atoms. The van der Waals surface area contributed by atoms with Crippen LogP contribution in [0.5, 0.6) is 0 Å². The number of nitrogens with two attached hydrogens (primary N) is 1. The van der Waals surface area contributed by atoms with Gasteiger partial charge >= 0.3 is 37.7 Å². The predicted octanol–water partition coefficient (Wildman–Crippen LogP) is -1.63. The predicted molar refractivity (Wildman–Crippen MR) is 24.4 cm³/mol. The van der Waals surface area contributed by atoms with Crippen molar-refractivity contribution in [1.29, 1.82) is 0 Å². The van der Waals surface area contributed by atoms with E-state index in [-0.39, 0.29) is 37.7 Å². The first-order valence-electron chi connectivity index (χ1n) is 1.17. The van der Waals surface area contributed by atoms with Gasteiger partial charge in [0, 0.05) is 0 Å². The van der Waals surface area contributed by atoms with Gasteiger partial charge in [0.2, 0.25) is 0 Å². The maximum absolute atomic E-state index is 7.83. The zero-order valence-electron chi connectivity index (χ0n) is 2.60. The van der Waals surface area contributed by atoms with Gasteiger partial charge in [-0.05, 0) is 6.92 Å². The fourth-order valence-electron chi connectivity index (χ4n) is 0. The van der Waals surface area contributed by atoms with E-state index < -0.39 is 6.23 Å². The summed E-state index contributed by atoms with van der Waals surface area (Å²) < 4.78 is 0. The third-order valence-corrected chi connectivity index (χ3v) is 0. The van der Waals surface area contributed by atoms with Crippen LogP contribution >= 0.6 is 0 Å². The Morgan fingerprint density at radius 2 is 1.80 bits per heavy atom. The minimum atomic E-state index is -0.667. The Morgan fingerprint density at radius 1 is 1.80 bits per heavy atom. The number of aliphatic hydroxyl groups is 1. The molecule has 0 bridgehead atoms. The molecule has 3 heteroatoms. The third kappa shape index (κ3) is 37.6. The van der Waals surface area contributed by atoms with Gasteiger partial charge in [0.1, 0.15) is 0 Å². The summed E-state index contributed by atoms with van der Waals surface area (Å²) in [5.74, 6) is 0. The molecule has 3 N–H and O–H groups in total. The van der Waals surface area contributed by atoms with E-state index in [1.807, 2.05) is 0 Å². The van der Waals surface area contributed by atoms with Crippen LogP contribution < -0.4 is 5.73 Å². The van der Waals surface area contributed by atoms with Crippen LogP contribution in [0.2, 0.25) is 0 Å². The Hall–Kier alpha value is 1.18. The summed E-state index contributed by atoms with van der Waals surface area (Å²) in [5, 5.41) is 7.83. The first-order valence-corrected chi connectivity index (χ1v) is 1.17. The molecular formula is C2H9CaNO. The SMILES string of the molecule is CC(N)O.[CaH2]. The van der Waals surface area contributed by atoms with Gasteiger partial charge in [-0.1, -0.05) is 0 Å². The van der Waals surface area contributed by atoms with Gasteiger partial charge in [-0.2, -0.15) is 0 Å². The van der Waals surface area contributed by atoms with Crippen LogP contribution in [0.1, 0.15) is 6.92 Å². The molecule has 0 aromatic rings. The van der Waals surface area contributed by atoms with E-state index in [2.05, 4.69) is 5.73 Å². The molecular weight excluding hydrogens is 94.1 g/mol. The average molecular weight is 103 g/mol. The van der Waals surface area contributed by atoms with E-state index >= 15 is 0 Å². The standard InChI is InChI=1S/C2H7NO.Ca.2H/c1-2(3)4;;;/h2,4H,3H2,1H3;;;. The van der Waals surface area contributed by atoms with E-state index in [1.54, 1.807) is 0 Å². The van der Waals surface area contributed by atoms with Crippen molar-refractivity contribution in [3.63, 3.8) is 0 Å². The summed E-state index contributed by atoms with van der Waals surface area (Å²) in [5.41, 5.74) is 4.67. The van der Waals surface area contributed by atoms with Gasteiger partial charge in [-0.15, -0.1) is 0 Å². The molecule has 0 saturated carbocycles. The Balaban J connectivity index is 0. The zero-order valence-corrected chi connectivity index (χ0v) is 2.60. The van der Waals surface area contributed by atoms with Crippen LogP contribution in [0.4, 0.5) is 0 Å². The molecule has 0 aliphatic rings. The van der Waals surface area contributed by atoms with Gasteiger partial charge in [0.15, 0.2) is 0 Å². The molecule has 1 unspecified atom stereocenters. The normalized spacial score (nSPS) is 12.6. The molecule has 0 saturated heterocycles. The van der Waals surface area contributed by atoms with Crippen molar-refractivity contribution in [2.24, 2.45) is 5.73 Å². The molecule has 0 spiro atoms. The van der Waals surface area contributed by atoms with Gasteiger partial charge in [-0.25, -0.2) is 0 Å². The van der Waals surface area contributed by atoms with Crippen LogP contribution in [-0.2, 0) is 0 Å². The summed E-state index contributed by atoms with van der Waals surface area (Å²) >= 11 is 0. The first-order chi connectivity index (χ1) is 1.73. The monoisotopic (exact) mass is 103 g/mol. The summed E-state index contributed by atoms with van der Waals surface area (Å²) in [6.07, 6.45) is -0.667.